The first-order chi connectivity index (χ1) is 13.3. The Kier molecular flexibility index (Phi) is 3.83. The molecule has 1 aliphatic rings. The number of benzene rings is 1. The fraction of sp³-hybridized carbons (Fsp3) is 0.158. The van der Waals surface area contributed by atoms with Gasteiger partial charge in [0.1, 0.15) is 0 Å². The highest BCUT2D eigenvalue weighted by molar-refractivity contribution is 7.16. The zero-order valence-electron chi connectivity index (χ0n) is 14.2. The van der Waals surface area contributed by atoms with Crippen LogP contribution in [0.4, 0.5) is 5.69 Å². The van der Waals surface area contributed by atoms with E-state index in [9.17, 15) is 4.79 Å². The summed E-state index contributed by atoms with van der Waals surface area (Å²) in [5.41, 5.74) is 3.30. The van der Waals surface area contributed by atoms with Crippen LogP contribution in [0.15, 0.2) is 59.5 Å². The minimum absolute atomic E-state index is 0.207. The van der Waals surface area contributed by atoms with Crippen LogP contribution in [-0.2, 0) is 6.42 Å². The van der Waals surface area contributed by atoms with Crippen molar-refractivity contribution in [2.45, 2.75) is 18.9 Å². The Hall–Kier alpha value is -3.26. The number of hydrogen-bond donors (Lipinski definition) is 1. The van der Waals surface area contributed by atoms with Crippen molar-refractivity contribution in [3.8, 4) is 10.8 Å². The summed E-state index contributed by atoms with van der Waals surface area (Å²) in [5.74, 6) is 0.288. The van der Waals surface area contributed by atoms with Gasteiger partial charge >= 0.3 is 0 Å². The molecule has 0 saturated carbocycles. The van der Waals surface area contributed by atoms with Crippen LogP contribution in [0.5, 0.6) is 0 Å². The Morgan fingerprint density at radius 2 is 2.15 bits per heavy atom. The molecule has 0 bridgehead atoms. The van der Waals surface area contributed by atoms with Crippen LogP contribution >= 0.6 is 11.3 Å². The van der Waals surface area contributed by atoms with E-state index in [4.69, 9.17) is 4.42 Å². The van der Waals surface area contributed by atoms with Crippen LogP contribution in [0.1, 0.15) is 33.4 Å². The number of furan rings is 1. The second kappa shape index (κ2) is 6.48. The van der Waals surface area contributed by atoms with E-state index < -0.39 is 0 Å². The lowest BCUT2D eigenvalue weighted by Gasteiger charge is -2.11. The van der Waals surface area contributed by atoms with E-state index in [2.05, 4.69) is 44.9 Å². The molecule has 0 radical (unpaired) electrons. The third-order valence-electron chi connectivity index (χ3n) is 4.63. The van der Waals surface area contributed by atoms with Crippen LogP contribution < -0.4 is 5.32 Å². The number of rotatable bonds is 4. The molecular weight excluding hydrogens is 362 g/mol. The summed E-state index contributed by atoms with van der Waals surface area (Å²) in [4.78, 5) is 12.5. The molecule has 3 aromatic heterocycles. The maximum atomic E-state index is 12.5. The van der Waals surface area contributed by atoms with Crippen molar-refractivity contribution >= 4 is 22.9 Å². The van der Waals surface area contributed by atoms with Crippen molar-refractivity contribution in [1.29, 1.82) is 0 Å². The van der Waals surface area contributed by atoms with Gasteiger partial charge in [-0.3, -0.25) is 9.48 Å². The lowest BCUT2D eigenvalue weighted by molar-refractivity contribution is 0.102. The number of nitrogens with one attached hydrogen (secondary N) is 1. The minimum atomic E-state index is -0.309. The van der Waals surface area contributed by atoms with E-state index in [0.29, 0.717) is 16.5 Å². The van der Waals surface area contributed by atoms with Gasteiger partial charge in [0.15, 0.2) is 10.8 Å². The van der Waals surface area contributed by atoms with Gasteiger partial charge in [0.2, 0.25) is 5.01 Å². The number of amides is 1. The molecule has 134 valence electrons. The standard InChI is InChI=1S/C19H15N5O2S/c25-17(19-23-22-18(27-19)16-6-3-9-26-16)21-13-10-20-24(11-13)15-8-7-12-4-1-2-5-14(12)15/h1-6,9-11,15H,7-8H2,(H,21,25). The van der Waals surface area contributed by atoms with Gasteiger partial charge in [0.05, 0.1) is 24.2 Å². The Balaban J connectivity index is 1.32. The first-order valence-corrected chi connectivity index (χ1v) is 9.40. The van der Waals surface area contributed by atoms with E-state index >= 15 is 0 Å². The molecule has 1 N–H and O–H groups in total. The number of hydrogen-bond acceptors (Lipinski definition) is 6. The van der Waals surface area contributed by atoms with Gasteiger partial charge in [-0.15, -0.1) is 10.2 Å². The predicted molar refractivity (Wildman–Crippen MR) is 101 cm³/mol. The Bertz CT molecular complexity index is 1100. The van der Waals surface area contributed by atoms with Crippen molar-refractivity contribution in [2.24, 2.45) is 0 Å². The zero-order valence-corrected chi connectivity index (χ0v) is 15.0. The smallest absolute Gasteiger partial charge is 0.286 e. The van der Waals surface area contributed by atoms with Gasteiger partial charge in [0.25, 0.3) is 5.91 Å². The maximum absolute atomic E-state index is 12.5. The van der Waals surface area contributed by atoms with E-state index in [1.165, 1.54) is 22.5 Å². The van der Waals surface area contributed by atoms with Crippen LogP contribution in [0, 0.1) is 0 Å². The summed E-state index contributed by atoms with van der Waals surface area (Å²) in [7, 11) is 0. The predicted octanol–water partition coefficient (Wildman–Crippen LogP) is 3.78. The molecule has 0 saturated heterocycles. The molecule has 0 spiro atoms. The maximum Gasteiger partial charge on any atom is 0.286 e. The zero-order chi connectivity index (χ0) is 18.2. The van der Waals surface area contributed by atoms with Gasteiger partial charge < -0.3 is 9.73 Å². The summed E-state index contributed by atoms with van der Waals surface area (Å²) in [6.07, 6.45) is 7.14. The van der Waals surface area contributed by atoms with E-state index in [1.54, 1.807) is 24.6 Å². The number of nitrogens with zero attached hydrogens (tertiary/aromatic N) is 4. The highest BCUT2D eigenvalue weighted by Gasteiger charge is 2.24. The molecule has 1 amide bonds. The Labute approximate surface area is 158 Å². The number of anilines is 1. The van der Waals surface area contributed by atoms with Crippen LogP contribution in [0.3, 0.4) is 0 Å². The van der Waals surface area contributed by atoms with E-state index in [0.717, 1.165) is 12.8 Å². The second-order valence-electron chi connectivity index (χ2n) is 6.31. The van der Waals surface area contributed by atoms with Gasteiger partial charge in [0, 0.05) is 6.20 Å². The molecule has 1 atom stereocenters. The molecule has 0 aliphatic heterocycles. The highest BCUT2D eigenvalue weighted by Crippen LogP contribution is 2.34. The third kappa shape index (κ3) is 2.93. The molecule has 1 aromatic carbocycles. The number of aryl methyl sites for hydroxylation is 1. The number of carbonyl (C=O) groups is 1. The molecule has 7 nitrogen and oxygen atoms in total. The van der Waals surface area contributed by atoms with Crippen LogP contribution in [0.2, 0.25) is 0 Å². The quantitative estimate of drug-likeness (QED) is 0.585. The fourth-order valence-corrected chi connectivity index (χ4v) is 4.09. The number of aromatic nitrogens is 4. The first kappa shape index (κ1) is 16.0. The average Bonchev–Trinajstić information content (AvgIpc) is 3.46. The summed E-state index contributed by atoms with van der Waals surface area (Å²) in [5, 5.41) is 16.1. The Morgan fingerprint density at radius 1 is 1.22 bits per heavy atom. The number of carbonyl (C=O) groups excluding carboxylic acids is 1. The lowest BCUT2D eigenvalue weighted by Crippen LogP contribution is -2.11. The van der Waals surface area contributed by atoms with Gasteiger partial charge in [-0.25, -0.2) is 0 Å². The van der Waals surface area contributed by atoms with Crippen molar-refractivity contribution in [3.05, 3.63) is 71.2 Å². The van der Waals surface area contributed by atoms with E-state index in [-0.39, 0.29) is 17.0 Å². The normalized spacial score (nSPS) is 15.6. The van der Waals surface area contributed by atoms with Crippen LogP contribution in [0.25, 0.3) is 10.8 Å². The third-order valence-corrected chi connectivity index (χ3v) is 5.57. The largest absolute Gasteiger partial charge is 0.462 e. The monoisotopic (exact) mass is 377 g/mol. The first-order valence-electron chi connectivity index (χ1n) is 8.58. The molecule has 5 rings (SSSR count). The fourth-order valence-electron chi connectivity index (χ4n) is 3.38. The molecule has 0 fully saturated rings. The van der Waals surface area contributed by atoms with Crippen molar-refractivity contribution in [1.82, 2.24) is 20.0 Å². The average molecular weight is 377 g/mol. The van der Waals surface area contributed by atoms with Crippen LogP contribution in [-0.4, -0.2) is 25.9 Å². The summed E-state index contributed by atoms with van der Waals surface area (Å²) in [6.45, 7) is 0. The molecule has 1 aliphatic carbocycles. The molecule has 27 heavy (non-hydrogen) atoms. The number of fused-ring (bicyclic) bond motifs is 1. The molecular formula is C19H15N5O2S. The second-order valence-corrected chi connectivity index (χ2v) is 7.28. The SMILES string of the molecule is O=C(Nc1cnn(C2CCc3ccccc32)c1)c1nnc(-c2ccco2)s1. The molecule has 3 heterocycles. The van der Waals surface area contributed by atoms with E-state index in [1.807, 2.05) is 10.9 Å². The summed E-state index contributed by atoms with van der Waals surface area (Å²) < 4.78 is 7.20. The topological polar surface area (TPSA) is 85.8 Å². The highest BCUT2D eigenvalue weighted by atomic mass is 32.1. The minimum Gasteiger partial charge on any atom is -0.462 e. The van der Waals surface area contributed by atoms with Gasteiger partial charge in [-0.2, -0.15) is 5.10 Å². The van der Waals surface area contributed by atoms with Crippen molar-refractivity contribution < 1.29 is 9.21 Å². The summed E-state index contributed by atoms with van der Waals surface area (Å²) >= 11 is 1.19. The van der Waals surface area contributed by atoms with Gasteiger partial charge in [-0.1, -0.05) is 35.6 Å². The molecule has 4 aromatic rings. The van der Waals surface area contributed by atoms with Crippen molar-refractivity contribution in [2.75, 3.05) is 5.32 Å². The Morgan fingerprint density at radius 3 is 3.04 bits per heavy atom. The van der Waals surface area contributed by atoms with Gasteiger partial charge in [-0.05, 0) is 36.1 Å². The lowest BCUT2D eigenvalue weighted by atomic mass is 10.1. The molecule has 1 unspecified atom stereocenters. The van der Waals surface area contributed by atoms with Crippen molar-refractivity contribution in [3.63, 3.8) is 0 Å². The molecule has 8 heteroatoms. The summed E-state index contributed by atoms with van der Waals surface area (Å²) in [6, 6.07) is 12.2.